The predicted molar refractivity (Wildman–Crippen MR) is 79.7 cm³/mol. The van der Waals surface area contributed by atoms with E-state index in [9.17, 15) is 4.39 Å². The van der Waals surface area contributed by atoms with Crippen LogP contribution in [0.25, 0.3) is 0 Å². The van der Waals surface area contributed by atoms with E-state index in [1.165, 1.54) is 6.07 Å². The summed E-state index contributed by atoms with van der Waals surface area (Å²) in [4.78, 5) is 4.41. The Hall–Kier alpha value is -1.75. The maximum Gasteiger partial charge on any atom is 0.231 e. The molecule has 1 N–H and O–H groups in total. The molecule has 0 amide bonds. The Morgan fingerprint density at radius 3 is 2.71 bits per heavy atom. The molecular formula is C16H22FN3O. The average molecular weight is 291 g/mol. The summed E-state index contributed by atoms with van der Waals surface area (Å²) in [5.41, 5.74) is 0.580. The molecule has 2 unspecified atom stereocenters. The van der Waals surface area contributed by atoms with Crippen molar-refractivity contribution in [2.75, 3.05) is 6.54 Å². The van der Waals surface area contributed by atoms with E-state index in [1.54, 1.807) is 18.2 Å². The third kappa shape index (κ3) is 3.88. The molecule has 0 fully saturated rings. The van der Waals surface area contributed by atoms with Gasteiger partial charge in [0.2, 0.25) is 5.89 Å². The zero-order chi connectivity index (χ0) is 15.2. The van der Waals surface area contributed by atoms with Crippen molar-refractivity contribution in [3.05, 3.63) is 47.4 Å². The molecular weight excluding hydrogens is 269 g/mol. The normalized spacial score (nSPS) is 14.1. The Labute approximate surface area is 124 Å². The van der Waals surface area contributed by atoms with E-state index in [4.69, 9.17) is 4.52 Å². The summed E-state index contributed by atoms with van der Waals surface area (Å²) in [6, 6.07) is 6.96. The molecule has 5 heteroatoms. The number of halogens is 1. The number of rotatable bonds is 7. The van der Waals surface area contributed by atoms with E-state index < -0.39 is 0 Å². The van der Waals surface area contributed by atoms with E-state index in [0.717, 1.165) is 13.0 Å². The fourth-order valence-corrected chi connectivity index (χ4v) is 2.45. The Morgan fingerprint density at radius 2 is 2.05 bits per heavy atom. The monoisotopic (exact) mass is 291 g/mol. The lowest BCUT2D eigenvalue weighted by Crippen LogP contribution is -2.33. The van der Waals surface area contributed by atoms with Crippen LogP contribution in [0.5, 0.6) is 0 Å². The summed E-state index contributed by atoms with van der Waals surface area (Å²) in [7, 11) is 0. The highest BCUT2D eigenvalue weighted by molar-refractivity contribution is 5.20. The smallest absolute Gasteiger partial charge is 0.231 e. The minimum absolute atomic E-state index is 0.136. The van der Waals surface area contributed by atoms with Crippen LogP contribution in [0.2, 0.25) is 0 Å². The Balaban J connectivity index is 2.09. The molecule has 0 saturated heterocycles. The molecule has 0 aliphatic carbocycles. The van der Waals surface area contributed by atoms with Gasteiger partial charge in [-0.25, -0.2) is 4.39 Å². The first-order valence-electron chi connectivity index (χ1n) is 7.45. The Kier molecular flexibility index (Phi) is 5.44. The third-order valence-corrected chi connectivity index (χ3v) is 3.69. The van der Waals surface area contributed by atoms with E-state index in [2.05, 4.69) is 36.2 Å². The second kappa shape index (κ2) is 7.31. The standard InChI is InChI=1S/C16H22FN3O/c1-4-14(18-5-2)11(3)16-19-15(20-21-16)10-12-8-6-7-9-13(12)17/h6-9,11,14,18H,4-5,10H2,1-3H3. The molecule has 4 nitrogen and oxygen atoms in total. The Bertz CT molecular complexity index is 570. The number of benzene rings is 1. The van der Waals surface area contributed by atoms with Crippen LogP contribution in [-0.4, -0.2) is 22.7 Å². The van der Waals surface area contributed by atoms with Crippen LogP contribution in [0.3, 0.4) is 0 Å². The predicted octanol–water partition coefficient (Wildman–Crippen LogP) is 3.29. The van der Waals surface area contributed by atoms with Gasteiger partial charge in [0.1, 0.15) is 5.82 Å². The van der Waals surface area contributed by atoms with Gasteiger partial charge in [0.05, 0.1) is 5.92 Å². The van der Waals surface area contributed by atoms with Gasteiger partial charge in [0, 0.05) is 12.5 Å². The summed E-state index contributed by atoms with van der Waals surface area (Å²) in [6.45, 7) is 7.17. The van der Waals surface area contributed by atoms with Gasteiger partial charge in [-0.15, -0.1) is 0 Å². The molecule has 0 radical (unpaired) electrons. The van der Waals surface area contributed by atoms with Gasteiger partial charge in [0.25, 0.3) is 0 Å². The lowest BCUT2D eigenvalue weighted by Gasteiger charge is -2.20. The van der Waals surface area contributed by atoms with Crippen LogP contribution in [-0.2, 0) is 6.42 Å². The molecule has 2 rings (SSSR count). The first-order chi connectivity index (χ1) is 10.2. The maximum absolute atomic E-state index is 13.6. The number of likely N-dealkylation sites (N-methyl/N-ethyl adjacent to an activating group) is 1. The highest BCUT2D eigenvalue weighted by atomic mass is 19.1. The highest BCUT2D eigenvalue weighted by Gasteiger charge is 2.22. The summed E-state index contributed by atoms with van der Waals surface area (Å²) in [5, 5.41) is 7.38. The molecule has 0 spiro atoms. The fraction of sp³-hybridized carbons (Fsp3) is 0.500. The second-order valence-corrected chi connectivity index (χ2v) is 5.18. The van der Waals surface area contributed by atoms with Crippen molar-refractivity contribution in [1.82, 2.24) is 15.5 Å². The van der Waals surface area contributed by atoms with Gasteiger partial charge in [0.15, 0.2) is 5.82 Å². The fourth-order valence-electron chi connectivity index (χ4n) is 2.45. The summed E-state index contributed by atoms with van der Waals surface area (Å²) in [6.07, 6.45) is 1.33. The molecule has 0 aliphatic heterocycles. The molecule has 1 aromatic heterocycles. The number of hydrogen-bond donors (Lipinski definition) is 1. The van der Waals surface area contributed by atoms with Crippen molar-refractivity contribution < 1.29 is 8.91 Å². The average Bonchev–Trinajstić information content (AvgIpc) is 2.95. The van der Waals surface area contributed by atoms with Crippen molar-refractivity contribution in [2.24, 2.45) is 0 Å². The molecule has 114 valence electrons. The van der Waals surface area contributed by atoms with Crippen molar-refractivity contribution in [3.8, 4) is 0 Å². The molecule has 0 saturated carbocycles. The number of nitrogens with one attached hydrogen (secondary N) is 1. The quantitative estimate of drug-likeness (QED) is 0.850. The summed E-state index contributed by atoms with van der Waals surface area (Å²) >= 11 is 0. The van der Waals surface area contributed by atoms with E-state index in [-0.39, 0.29) is 11.7 Å². The third-order valence-electron chi connectivity index (χ3n) is 3.69. The van der Waals surface area contributed by atoms with Crippen LogP contribution in [0.1, 0.15) is 50.4 Å². The zero-order valence-corrected chi connectivity index (χ0v) is 12.8. The number of hydrogen-bond acceptors (Lipinski definition) is 4. The van der Waals surface area contributed by atoms with Gasteiger partial charge >= 0.3 is 0 Å². The lowest BCUT2D eigenvalue weighted by molar-refractivity contribution is 0.319. The van der Waals surface area contributed by atoms with Gasteiger partial charge in [-0.05, 0) is 24.6 Å². The molecule has 1 heterocycles. The second-order valence-electron chi connectivity index (χ2n) is 5.18. The highest BCUT2D eigenvalue weighted by Crippen LogP contribution is 2.20. The van der Waals surface area contributed by atoms with Crippen molar-refractivity contribution in [3.63, 3.8) is 0 Å². The molecule has 2 aromatic rings. The minimum atomic E-state index is -0.240. The van der Waals surface area contributed by atoms with Crippen LogP contribution in [0.15, 0.2) is 28.8 Å². The van der Waals surface area contributed by atoms with Crippen LogP contribution in [0.4, 0.5) is 4.39 Å². The number of nitrogens with zero attached hydrogens (tertiary/aromatic N) is 2. The molecule has 2 atom stereocenters. The SMILES string of the molecule is CCNC(CC)C(C)c1nc(Cc2ccccc2F)no1. The first kappa shape index (κ1) is 15.6. The first-order valence-corrected chi connectivity index (χ1v) is 7.45. The van der Waals surface area contributed by atoms with E-state index in [0.29, 0.717) is 29.7 Å². The van der Waals surface area contributed by atoms with Gasteiger partial charge in [-0.1, -0.05) is 44.1 Å². The van der Waals surface area contributed by atoms with Crippen LogP contribution >= 0.6 is 0 Å². The van der Waals surface area contributed by atoms with Crippen LogP contribution in [0, 0.1) is 5.82 Å². The van der Waals surface area contributed by atoms with Crippen molar-refractivity contribution in [1.29, 1.82) is 0 Å². The lowest BCUT2D eigenvalue weighted by atomic mass is 9.99. The molecule has 1 aromatic carbocycles. The molecule has 21 heavy (non-hydrogen) atoms. The van der Waals surface area contributed by atoms with Gasteiger partial charge < -0.3 is 9.84 Å². The van der Waals surface area contributed by atoms with Crippen LogP contribution < -0.4 is 5.32 Å². The van der Waals surface area contributed by atoms with Gasteiger partial charge in [-0.3, -0.25) is 0 Å². The maximum atomic E-state index is 13.6. The zero-order valence-electron chi connectivity index (χ0n) is 12.8. The number of aromatic nitrogens is 2. The van der Waals surface area contributed by atoms with E-state index in [1.807, 2.05) is 0 Å². The molecule has 0 bridgehead atoms. The Morgan fingerprint density at radius 1 is 1.29 bits per heavy atom. The minimum Gasteiger partial charge on any atom is -0.339 e. The largest absolute Gasteiger partial charge is 0.339 e. The molecule has 0 aliphatic rings. The van der Waals surface area contributed by atoms with Crippen molar-refractivity contribution >= 4 is 0 Å². The summed E-state index contributed by atoms with van der Waals surface area (Å²) < 4.78 is 19.0. The van der Waals surface area contributed by atoms with Crippen molar-refractivity contribution in [2.45, 2.75) is 45.6 Å². The summed E-state index contributed by atoms with van der Waals surface area (Å²) in [5.74, 6) is 1.02. The van der Waals surface area contributed by atoms with E-state index >= 15 is 0 Å². The topological polar surface area (TPSA) is 51.0 Å². The van der Waals surface area contributed by atoms with Gasteiger partial charge in [-0.2, -0.15) is 4.98 Å².